The zero-order valence-corrected chi connectivity index (χ0v) is 26.8. The minimum absolute atomic E-state index is 1.23. The molecule has 8 rings (SSSR count). The molecule has 6 aromatic carbocycles. The Morgan fingerprint density at radius 3 is 0.674 bits per heavy atom. The van der Waals surface area contributed by atoms with Crippen molar-refractivity contribution < 1.29 is 0 Å². The van der Waals surface area contributed by atoms with E-state index in [-0.39, 0.29) is 0 Å². The van der Waals surface area contributed by atoms with Crippen LogP contribution in [0.2, 0.25) is 0 Å². The van der Waals surface area contributed by atoms with E-state index in [2.05, 4.69) is 182 Å². The largest absolute Gasteiger partial charge is 0.134 e. The van der Waals surface area contributed by atoms with Crippen molar-refractivity contribution in [2.24, 2.45) is 0 Å². The third-order valence-corrected chi connectivity index (χ3v) is 10.9. The molecule has 0 aliphatic carbocycles. The average molecular weight is 623 g/mol. The smallest absolute Gasteiger partial charge is 0.0449 e. The summed E-state index contributed by atoms with van der Waals surface area (Å²) in [5.74, 6) is 0. The second-order valence-electron chi connectivity index (χ2n) is 11.4. The highest BCUT2D eigenvalue weighted by Crippen LogP contribution is 2.41. The molecule has 0 fully saturated rings. The van der Waals surface area contributed by atoms with Crippen molar-refractivity contribution in [3.8, 4) is 75.1 Å². The summed E-state index contributed by atoms with van der Waals surface area (Å²) < 4.78 is 0. The highest BCUT2D eigenvalue weighted by atomic mass is 32.1. The van der Waals surface area contributed by atoms with Crippen LogP contribution in [0.1, 0.15) is 0 Å². The van der Waals surface area contributed by atoms with Crippen molar-refractivity contribution in [1.82, 2.24) is 0 Å². The fourth-order valence-corrected chi connectivity index (χ4v) is 7.99. The fourth-order valence-electron chi connectivity index (χ4n) is 5.88. The molecule has 0 radical (unpaired) electrons. The summed E-state index contributed by atoms with van der Waals surface area (Å²) in [7, 11) is 0. The van der Waals surface area contributed by atoms with Crippen molar-refractivity contribution in [3.63, 3.8) is 0 Å². The molecule has 0 N–H and O–H groups in total. The fraction of sp³-hybridized carbons (Fsp3) is 0. The molecule has 2 aromatic heterocycles. The SMILES string of the molecule is c1ccc(-c2ccc(-c3ccc(-c4ccc(-c5ccc(-c6ccc(-c7ccc(-c8ccccc8)cc7)cc6)s5)s4)cc3)cc2)cc1. The molecular weight excluding hydrogens is 593 g/mol. The van der Waals surface area contributed by atoms with E-state index in [1.165, 1.54) is 75.1 Å². The van der Waals surface area contributed by atoms with Crippen molar-refractivity contribution >= 4 is 22.7 Å². The van der Waals surface area contributed by atoms with E-state index in [0.717, 1.165) is 0 Å². The number of hydrogen-bond acceptors (Lipinski definition) is 2. The third-order valence-electron chi connectivity index (χ3n) is 8.44. The molecule has 2 heteroatoms. The summed E-state index contributed by atoms with van der Waals surface area (Å²) in [6.45, 7) is 0. The molecule has 46 heavy (non-hydrogen) atoms. The molecule has 0 spiro atoms. The van der Waals surface area contributed by atoms with Gasteiger partial charge in [0.15, 0.2) is 0 Å². The maximum atomic E-state index is 2.26. The maximum Gasteiger partial charge on any atom is 0.0449 e. The Labute approximate surface area is 278 Å². The summed E-state index contributed by atoms with van der Waals surface area (Å²) >= 11 is 3.72. The van der Waals surface area contributed by atoms with Gasteiger partial charge in [-0.1, -0.05) is 158 Å². The van der Waals surface area contributed by atoms with Gasteiger partial charge in [-0.05, 0) is 79.9 Å². The number of rotatable bonds is 7. The van der Waals surface area contributed by atoms with Crippen LogP contribution in [0.15, 0.2) is 182 Å². The van der Waals surface area contributed by atoms with Crippen LogP contribution in [-0.4, -0.2) is 0 Å². The second kappa shape index (κ2) is 12.6. The zero-order valence-electron chi connectivity index (χ0n) is 25.1. The average Bonchev–Trinajstić information content (AvgIpc) is 3.84. The highest BCUT2D eigenvalue weighted by molar-refractivity contribution is 7.25. The quantitative estimate of drug-likeness (QED) is 0.166. The molecular formula is C44H30S2. The second-order valence-corrected chi connectivity index (χ2v) is 13.5. The topological polar surface area (TPSA) is 0 Å². The molecule has 0 saturated carbocycles. The number of hydrogen-bond donors (Lipinski definition) is 0. The van der Waals surface area contributed by atoms with Gasteiger partial charge in [0.25, 0.3) is 0 Å². The lowest BCUT2D eigenvalue weighted by atomic mass is 9.99. The minimum atomic E-state index is 1.23. The normalized spacial score (nSPS) is 11.0. The molecule has 0 saturated heterocycles. The van der Waals surface area contributed by atoms with Crippen molar-refractivity contribution in [2.75, 3.05) is 0 Å². The first kappa shape index (κ1) is 28.2. The zero-order chi connectivity index (χ0) is 30.7. The van der Waals surface area contributed by atoms with Crippen LogP contribution in [0, 0.1) is 0 Å². The molecule has 0 amide bonds. The standard InChI is InChI=1S/C44H30S2/c1-3-7-31(8-4-1)33-11-15-35(16-12-33)37-19-23-39(24-20-37)41-27-29-43(45-41)44-30-28-42(46-44)40-25-21-38(22-26-40)36-17-13-34(14-18-36)32-9-5-2-6-10-32/h1-30H. The molecule has 0 aliphatic heterocycles. The van der Waals surface area contributed by atoms with Gasteiger partial charge in [-0.15, -0.1) is 22.7 Å². The van der Waals surface area contributed by atoms with Gasteiger partial charge in [-0.2, -0.15) is 0 Å². The Morgan fingerprint density at radius 2 is 0.391 bits per heavy atom. The first-order valence-corrected chi connectivity index (χ1v) is 17.1. The molecule has 0 nitrogen and oxygen atoms in total. The van der Waals surface area contributed by atoms with Gasteiger partial charge in [0.1, 0.15) is 0 Å². The summed E-state index contributed by atoms with van der Waals surface area (Å²) in [6.07, 6.45) is 0. The van der Waals surface area contributed by atoms with Crippen molar-refractivity contribution in [1.29, 1.82) is 0 Å². The van der Waals surface area contributed by atoms with Crippen LogP contribution < -0.4 is 0 Å². The lowest BCUT2D eigenvalue weighted by molar-refractivity contribution is 1.59. The Balaban J connectivity index is 0.947. The van der Waals surface area contributed by atoms with E-state index in [4.69, 9.17) is 0 Å². The van der Waals surface area contributed by atoms with Crippen LogP contribution in [0.25, 0.3) is 75.1 Å². The van der Waals surface area contributed by atoms with E-state index >= 15 is 0 Å². The van der Waals surface area contributed by atoms with E-state index < -0.39 is 0 Å². The molecule has 2 heterocycles. The molecule has 8 aromatic rings. The molecule has 218 valence electrons. The summed E-state index contributed by atoms with van der Waals surface area (Å²) in [6, 6.07) is 65.7. The van der Waals surface area contributed by atoms with E-state index in [1.54, 1.807) is 0 Å². The number of thiophene rings is 2. The minimum Gasteiger partial charge on any atom is -0.134 e. The predicted molar refractivity (Wildman–Crippen MR) is 200 cm³/mol. The summed E-state index contributed by atoms with van der Waals surface area (Å²) in [4.78, 5) is 5.20. The van der Waals surface area contributed by atoms with Gasteiger partial charge in [0.2, 0.25) is 0 Å². The van der Waals surface area contributed by atoms with Crippen LogP contribution in [0.3, 0.4) is 0 Å². The van der Waals surface area contributed by atoms with E-state index in [1.807, 2.05) is 22.7 Å². The first-order valence-electron chi connectivity index (χ1n) is 15.5. The maximum absolute atomic E-state index is 2.26. The molecule has 0 aliphatic rings. The molecule has 0 atom stereocenters. The van der Waals surface area contributed by atoms with Crippen LogP contribution >= 0.6 is 22.7 Å². The van der Waals surface area contributed by atoms with Crippen LogP contribution in [-0.2, 0) is 0 Å². The molecule has 0 bridgehead atoms. The van der Waals surface area contributed by atoms with Gasteiger partial charge in [0, 0.05) is 19.5 Å². The summed E-state index contributed by atoms with van der Waals surface area (Å²) in [5.41, 5.74) is 12.4. The van der Waals surface area contributed by atoms with Gasteiger partial charge in [-0.25, -0.2) is 0 Å². The Hall–Kier alpha value is -5.28. The van der Waals surface area contributed by atoms with Gasteiger partial charge in [0.05, 0.1) is 0 Å². The van der Waals surface area contributed by atoms with E-state index in [0.29, 0.717) is 0 Å². The lowest BCUT2D eigenvalue weighted by Gasteiger charge is -2.06. The monoisotopic (exact) mass is 622 g/mol. The van der Waals surface area contributed by atoms with Gasteiger partial charge in [-0.3, -0.25) is 0 Å². The first-order chi connectivity index (χ1) is 22.8. The molecule has 0 unspecified atom stereocenters. The van der Waals surface area contributed by atoms with Crippen LogP contribution in [0.5, 0.6) is 0 Å². The van der Waals surface area contributed by atoms with Crippen molar-refractivity contribution in [3.05, 3.63) is 182 Å². The van der Waals surface area contributed by atoms with Crippen LogP contribution in [0.4, 0.5) is 0 Å². The Morgan fingerprint density at radius 1 is 0.174 bits per heavy atom. The van der Waals surface area contributed by atoms with Gasteiger partial charge < -0.3 is 0 Å². The third kappa shape index (κ3) is 5.89. The van der Waals surface area contributed by atoms with Crippen molar-refractivity contribution in [2.45, 2.75) is 0 Å². The van der Waals surface area contributed by atoms with E-state index in [9.17, 15) is 0 Å². The number of benzene rings is 6. The Kier molecular flexibility index (Phi) is 7.73. The predicted octanol–water partition coefficient (Wildman–Crippen LogP) is 13.5. The lowest BCUT2D eigenvalue weighted by Crippen LogP contribution is -1.81. The Bertz CT molecular complexity index is 2020. The van der Waals surface area contributed by atoms with Gasteiger partial charge >= 0.3 is 0 Å². The highest BCUT2D eigenvalue weighted by Gasteiger charge is 2.10. The summed E-state index contributed by atoms with van der Waals surface area (Å²) in [5, 5.41) is 0.